The lowest BCUT2D eigenvalue weighted by atomic mass is 10.0. The van der Waals surface area contributed by atoms with Crippen LogP contribution >= 0.6 is 0 Å². The molecule has 3 unspecified atom stereocenters. The van der Waals surface area contributed by atoms with E-state index in [0.717, 1.165) is 5.56 Å². The van der Waals surface area contributed by atoms with Crippen LogP contribution in [0.4, 0.5) is 0 Å². The molecule has 3 N–H and O–H groups in total. The fraction of sp³-hybridized carbons (Fsp3) is 0.375. The van der Waals surface area contributed by atoms with E-state index in [9.17, 15) is 9.59 Å². The van der Waals surface area contributed by atoms with Crippen LogP contribution in [0.1, 0.15) is 12.0 Å². The minimum atomic E-state index is -0.685. The zero-order valence-electron chi connectivity index (χ0n) is 12.0. The van der Waals surface area contributed by atoms with Gasteiger partial charge in [0.2, 0.25) is 5.91 Å². The van der Waals surface area contributed by atoms with Gasteiger partial charge in [0.1, 0.15) is 6.04 Å². The molecule has 5 nitrogen and oxygen atoms in total. The maximum absolute atomic E-state index is 12.2. The van der Waals surface area contributed by atoms with Gasteiger partial charge in [-0.15, -0.1) is 0 Å². The Bertz CT molecular complexity index is 528. The van der Waals surface area contributed by atoms with Gasteiger partial charge in [-0.25, -0.2) is 4.79 Å². The number of methoxy groups -OCH3 is 1. The highest BCUT2D eigenvalue weighted by molar-refractivity contribution is 5.87. The number of hydrogen-bond donors (Lipinski definition) is 2. The second-order valence-electron chi connectivity index (χ2n) is 5.17. The van der Waals surface area contributed by atoms with Crippen molar-refractivity contribution in [3.05, 3.63) is 48.0 Å². The molecule has 0 radical (unpaired) electrons. The zero-order chi connectivity index (χ0) is 15.2. The molecule has 2 rings (SSSR count). The van der Waals surface area contributed by atoms with Crippen molar-refractivity contribution < 1.29 is 14.3 Å². The van der Waals surface area contributed by atoms with E-state index in [2.05, 4.69) is 5.32 Å². The first kappa shape index (κ1) is 15.3. The molecule has 1 aromatic carbocycles. The molecule has 0 saturated heterocycles. The van der Waals surface area contributed by atoms with Crippen LogP contribution in [0, 0.1) is 5.92 Å². The van der Waals surface area contributed by atoms with Gasteiger partial charge in [0, 0.05) is 12.5 Å². The first-order valence-corrected chi connectivity index (χ1v) is 6.96. The number of ether oxygens (including phenoxy) is 1. The second kappa shape index (κ2) is 7.04. The number of nitrogens with two attached hydrogens (primary N) is 1. The van der Waals surface area contributed by atoms with Crippen molar-refractivity contribution >= 4 is 11.9 Å². The Morgan fingerprint density at radius 3 is 2.62 bits per heavy atom. The minimum Gasteiger partial charge on any atom is -0.467 e. The fourth-order valence-electron chi connectivity index (χ4n) is 2.39. The lowest BCUT2D eigenvalue weighted by Crippen LogP contribution is -2.45. The van der Waals surface area contributed by atoms with Gasteiger partial charge in [0.15, 0.2) is 0 Å². The molecule has 0 spiro atoms. The van der Waals surface area contributed by atoms with Crippen molar-refractivity contribution in [2.75, 3.05) is 7.11 Å². The number of nitrogens with one attached hydrogen (secondary N) is 1. The van der Waals surface area contributed by atoms with Crippen molar-refractivity contribution in [2.24, 2.45) is 11.7 Å². The standard InChI is InChI=1S/C16H20N2O3/c1-21-16(20)14(9-11-5-3-2-4-6-11)18-15(19)12-7-8-13(17)10-12/h2-8,12-14H,9-10,17H2,1H3,(H,18,19). The van der Waals surface area contributed by atoms with Gasteiger partial charge in [-0.05, 0) is 12.0 Å². The second-order valence-corrected chi connectivity index (χ2v) is 5.17. The summed E-state index contributed by atoms with van der Waals surface area (Å²) >= 11 is 0. The number of carbonyl (C=O) groups is 2. The van der Waals surface area contributed by atoms with Crippen molar-refractivity contribution in [3.63, 3.8) is 0 Å². The van der Waals surface area contributed by atoms with Crippen molar-refractivity contribution in [2.45, 2.75) is 24.9 Å². The summed E-state index contributed by atoms with van der Waals surface area (Å²) in [6.07, 6.45) is 4.58. The number of rotatable bonds is 5. The molecule has 21 heavy (non-hydrogen) atoms. The Morgan fingerprint density at radius 2 is 2.05 bits per heavy atom. The Labute approximate surface area is 124 Å². The summed E-state index contributed by atoms with van der Waals surface area (Å²) < 4.78 is 4.77. The average molecular weight is 288 g/mol. The maximum Gasteiger partial charge on any atom is 0.328 e. The molecule has 1 aliphatic rings. The molecule has 0 saturated carbocycles. The molecule has 1 aliphatic carbocycles. The van der Waals surface area contributed by atoms with Crippen molar-refractivity contribution in [1.82, 2.24) is 5.32 Å². The van der Waals surface area contributed by atoms with Crippen LogP contribution in [-0.4, -0.2) is 31.1 Å². The molecule has 1 aromatic rings. The SMILES string of the molecule is COC(=O)C(Cc1ccccc1)NC(=O)C1C=CC(N)C1. The summed E-state index contributed by atoms with van der Waals surface area (Å²) in [4.78, 5) is 24.0. The van der Waals surface area contributed by atoms with Gasteiger partial charge in [-0.2, -0.15) is 0 Å². The first-order valence-electron chi connectivity index (χ1n) is 6.96. The van der Waals surface area contributed by atoms with E-state index in [1.807, 2.05) is 36.4 Å². The van der Waals surface area contributed by atoms with Crippen molar-refractivity contribution in [3.8, 4) is 0 Å². The summed E-state index contributed by atoms with van der Waals surface area (Å²) in [7, 11) is 1.32. The molecular weight excluding hydrogens is 268 g/mol. The number of hydrogen-bond acceptors (Lipinski definition) is 4. The summed E-state index contributed by atoms with van der Waals surface area (Å²) in [5.74, 6) is -0.910. The Hall–Kier alpha value is -2.14. The number of amides is 1. The van der Waals surface area contributed by atoms with E-state index in [0.29, 0.717) is 12.8 Å². The third-order valence-electron chi connectivity index (χ3n) is 3.54. The molecule has 1 amide bonds. The first-order chi connectivity index (χ1) is 10.1. The van der Waals surface area contributed by atoms with Gasteiger partial charge < -0.3 is 15.8 Å². The molecular formula is C16H20N2O3. The van der Waals surface area contributed by atoms with Gasteiger partial charge in [-0.1, -0.05) is 42.5 Å². The molecule has 0 fully saturated rings. The number of carbonyl (C=O) groups excluding carboxylic acids is 2. The molecule has 0 bridgehead atoms. The quantitative estimate of drug-likeness (QED) is 0.620. The molecule has 5 heteroatoms. The van der Waals surface area contributed by atoms with Crippen LogP contribution in [0.5, 0.6) is 0 Å². The Morgan fingerprint density at radius 1 is 1.33 bits per heavy atom. The highest BCUT2D eigenvalue weighted by atomic mass is 16.5. The van der Waals surface area contributed by atoms with Gasteiger partial charge in [-0.3, -0.25) is 4.79 Å². The Kier molecular flexibility index (Phi) is 5.11. The minimum absolute atomic E-state index is 0.0912. The van der Waals surface area contributed by atoms with Gasteiger partial charge >= 0.3 is 5.97 Å². The van der Waals surface area contributed by atoms with Gasteiger partial charge in [0.25, 0.3) is 0 Å². The highest BCUT2D eigenvalue weighted by Gasteiger charge is 2.28. The van der Waals surface area contributed by atoms with E-state index in [1.165, 1.54) is 7.11 Å². The molecule has 0 aromatic heterocycles. The predicted octanol–water partition coefficient (Wildman–Crippen LogP) is 0.790. The topological polar surface area (TPSA) is 81.4 Å². The molecule has 3 atom stereocenters. The van der Waals surface area contributed by atoms with E-state index in [4.69, 9.17) is 10.5 Å². The van der Waals surface area contributed by atoms with Crippen LogP contribution < -0.4 is 11.1 Å². The third kappa shape index (κ3) is 4.16. The van der Waals surface area contributed by atoms with Gasteiger partial charge in [0.05, 0.1) is 13.0 Å². The lowest BCUT2D eigenvalue weighted by Gasteiger charge is -2.18. The molecule has 112 valence electrons. The summed E-state index contributed by atoms with van der Waals surface area (Å²) in [5.41, 5.74) is 6.71. The highest BCUT2D eigenvalue weighted by Crippen LogP contribution is 2.17. The van der Waals surface area contributed by atoms with E-state index in [-0.39, 0.29) is 17.9 Å². The summed E-state index contributed by atoms with van der Waals surface area (Å²) in [6.45, 7) is 0. The molecule has 0 heterocycles. The van der Waals surface area contributed by atoms with Crippen LogP contribution in [0.15, 0.2) is 42.5 Å². The average Bonchev–Trinajstić information content (AvgIpc) is 2.93. The molecule has 0 aliphatic heterocycles. The van der Waals surface area contributed by atoms with Crippen molar-refractivity contribution in [1.29, 1.82) is 0 Å². The fourth-order valence-corrected chi connectivity index (χ4v) is 2.39. The summed E-state index contributed by atoms with van der Waals surface area (Å²) in [5, 5.41) is 2.76. The smallest absolute Gasteiger partial charge is 0.328 e. The van der Waals surface area contributed by atoms with Crippen LogP contribution in [-0.2, 0) is 20.7 Å². The lowest BCUT2D eigenvalue weighted by molar-refractivity contribution is -0.145. The third-order valence-corrected chi connectivity index (χ3v) is 3.54. The van der Waals surface area contributed by atoms with E-state index >= 15 is 0 Å². The van der Waals surface area contributed by atoms with Crippen LogP contribution in [0.2, 0.25) is 0 Å². The number of esters is 1. The summed E-state index contributed by atoms with van der Waals surface area (Å²) in [6, 6.07) is 8.73. The maximum atomic E-state index is 12.2. The van der Waals surface area contributed by atoms with Crippen LogP contribution in [0.3, 0.4) is 0 Å². The Balaban J connectivity index is 2.01. The number of benzene rings is 1. The van der Waals surface area contributed by atoms with Crippen LogP contribution in [0.25, 0.3) is 0 Å². The van der Waals surface area contributed by atoms with E-state index in [1.54, 1.807) is 6.08 Å². The monoisotopic (exact) mass is 288 g/mol. The predicted molar refractivity (Wildman–Crippen MR) is 79.3 cm³/mol. The largest absolute Gasteiger partial charge is 0.467 e. The normalized spacial score (nSPS) is 21.8. The zero-order valence-corrected chi connectivity index (χ0v) is 12.0. The van der Waals surface area contributed by atoms with E-state index < -0.39 is 12.0 Å².